The van der Waals surface area contributed by atoms with Gasteiger partial charge in [0, 0.05) is 0 Å². The zero-order valence-corrected chi connectivity index (χ0v) is 12.9. The normalized spacial score (nSPS) is 14.5. The Morgan fingerprint density at radius 3 is 2.29 bits per heavy atom. The van der Waals surface area contributed by atoms with E-state index in [0.717, 1.165) is 0 Å². The van der Waals surface area contributed by atoms with Crippen LogP contribution in [0.4, 0.5) is 0 Å². The van der Waals surface area contributed by atoms with Gasteiger partial charge in [0.05, 0.1) is 25.7 Å². The number of rotatable bonds is 6. The first kappa shape index (κ1) is 16.6. The molecule has 17 heavy (non-hydrogen) atoms. The van der Waals surface area contributed by atoms with E-state index in [4.69, 9.17) is 9.16 Å². The molecule has 0 aromatic carbocycles. The summed E-state index contributed by atoms with van der Waals surface area (Å²) in [6.45, 7) is 12.9. The van der Waals surface area contributed by atoms with E-state index in [-0.39, 0.29) is 24.0 Å². The van der Waals surface area contributed by atoms with E-state index >= 15 is 0 Å². The van der Waals surface area contributed by atoms with Crippen LogP contribution in [0.5, 0.6) is 0 Å². The lowest BCUT2D eigenvalue weighted by atomic mass is 10.2. The number of aliphatic hydroxyl groups is 1. The molecule has 0 rings (SSSR count). The number of hydrogen-bond donors (Lipinski definition) is 1. The molecular weight excluding hydrogens is 236 g/mol. The highest BCUT2D eigenvalue weighted by atomic mass is 28.4. The molecule has 0 fully saturated rings. The molecule has 1 unspecified atom stereocenters. The van der Waals surface area contributed by atoms with Crippen molar-refractivity contribution in [1.29, 1.82) is 0 Å². The van der Waals surface area contributed by atoms with Crippen LogP contribution in [0.15, 0.2) is 0 Å². The lowest BCUT2D eigenvalue weighted by molar-refractivity contribution is -0.145. The van der Waals surface area contributed by atoms with E-state index in [2.05, 4.69) is 33.9 Å². The zero-order valence-electron chi connectivity index (χ0n) is 11.9. The van der Waals surface area contributed by atoms with Gasteiger partial charge >= 0.3 is 5.97 Å². The average Bonchev–Trinajstić information content (AvgIpc) is 2.13. The highest BCUT2D eigenvalue weighted by Crippen LogP contribution is 2.36. The van der Waals surface area contributed by atoms with Gasteiger partial charge in [0.15, 0.2) is 8.32 Å². The summed E-state index contributed by atoms with van der Waals surface area (Å²) in [6.07, 6.45) is -0.772. The number of ether oxygens (including phenoxy) is 1. The second-order valence-electron chi connectivity index (χ2n) is 5.73. The third kappa shape index (κ3) is 6.19. The van der Waals surface area contributed by atoms with Crippen molar-refractivity contribution in [3.63, 3.8) is 0 Å². The minimum absolute atomic E-state index is 0.00244. The largest absolute Gasteiger partial charge is 0.466 e. The van der Waals surface area contributed by atoms with Crippen LogP contribution in [0.1, 0.15) is 34.1 Å². The van der Waals surface area contributed by atoms with Gasteiger partial charge in [-0.15, -0.1) is 0 Å². The minimum atomic E-state index is -1.85. The summed E-state index contributed by atoms with van der Waals surface area (Å²) in [5.74, 6) is -0.376. The van der Waals surface area contributed by atoms with Crippen molar-refractivity contribution in [2.75, 3.05) is 13.2 Å². The highest BCUT2D eigenvalue weighted by Gasteiger charge is 2.37. The smallest absolute Gasteiger partial charge is 0.308 e. The molecule has 0 aromatic rings. The zero-order chi connectivity index (χ0) is 13.7. The first-order chi connectivity index (χ1) is 7.60. The van der Waals surface area contributed by atoms with Gasteiger partial charge in [0.2, 0.25) is 0 Å². The van der Waals surface area contributed by atoms with Crippen LogP contribution in [-0.4, -0.2) is 38.7 Å². The van der Waals surface area contributed by atoms with E-state index in [1.807, 2.05) is 0 Å². The van der Waals surface area contributed by atoms with Gasteiger partial charge in [-0.3, -0.25) is 4.79 Å². The molecule has 0 spiro atoms. The number of carbonyl (C=O) groups is 1. The quantitative estimate of drug-likeness (QED) is 0.589. The van der Waals surface area contributed by atoms with Crippen molar-refractivity contribution in [3.05, 3.63) is 0 Å². The summed E-state index contributed by atoms with van der Waals surface area (Å²) in [4.78, 5) is 11.1. The van der Waals surface area contributed by atoms with E-state index in [9.17, 15) is 9.90 Å². The molecule has 4 nitrogen and oxygen atoms in total. The van der Waals surface area contributed by atoms with Crippen molar-refractivity contribution in [2.24, 2.45) is 0 Å². The molecule has 0 radical (unpaired) electrons. The van der Waals surface area contributed by atoms with Crippen LogP contribution < -0.4 is 0 Å². The van der Waals surface area contributed by atoms with E-state index < -0.39 is 14.4 Å². The van der Waals surface area contributed by atoms with Gasteiger partial charge in [-0.1, -0.05) is 20.8 Å². The Balaban J connectivity index is 4.08. The van der Waals surface area contributed by atoms with Crippen molar-refractivity contribution < 1.29 is 19.1 Å². The monoisotopic (exact) mass is 262 g/mol. The van der Waals surface area contributed by atoms with E-state index in [1.165, 1.54) is 0 Å². The molecule has 0 aliphatic rings. The number of aliphatic hydroxyl groups excluding tert-OH is 1. The van der Waals surface area contributed by atoms with Crippen molar-refractivity contribution in [3.8, 4) is 0 Å². The van der Waals surface area contributed by atoms with Crippen LogP contribution in [0.25, 0.3) is 0 Å². The third-order valence-electron chi connectivity index (χ3n) is 3.15. The van der Waals surface area contributed by atoms with Gasteiger partial charge in [-0.05, 0) is 25.1 Å². The van der Waals surface area contributed by atoms with Gasteiger partial charge < -0.3 is 14.3 Å². The average molecular weight is 262 g/mol. The second kappa shape index (κ2) is 6.52. The topological polar surface area (TPSA) is 55.8 Å². The Bertz CT molecular complexity index is 245. The van der Waals surface area contributed by atoms with Gasteiger partial charge in [0.1, 0.15) is 0 Å². The summed E-state index contributed by atoms with van der Waals surface area (Å²) in [5.41, 5.74) is 0. The molecule has 0 aliphatic heterocycles. The minimum Gasteiger partial charge on any atom is -0.466 e. The molecular formula is C12H26O4Si. The molecule has 0 heterocycles. The van der Waals surface area contributed by atoms with Crippen molar-refractivity contribution >= 4 is 14.3 Å². The lowest BCUT2D eigenvalue weighted by Crippen LogP contribution is -2.42. The molecule has 1 N–H and O–H groups in total. The van der Waals surface area contributed by atoms with Crippen molar-refractivity contribution in [1.82, 2.24) is 0 Å². The van der Waals surface area contributed by atoms with Crippen molar-refractivity contribution in [2.45, 2.75) is 58.4 Å². The third-order valence-corrected chi connectivity index (χ3v) is 7.65. The summed E-state index contributed by atoms with van der Waals surface area (Å²) >= 11 is 0. The fourth-order valence-corrected chi connectivity index (χ4v) is 2.03. The molecule has 0 amide bonds. The molecule has 102 valence electrons. The van der Waals surface area contributed by atoms with E-state index in [1.54, 1.807) is 6.92 Å². The van der Waals surface area contributed by atoms with Gasteiger partial charge in [-0.25, -0.2) is 0 Å². The predicted molar refractivity (Wildman–Crippen MR) is 70.4 cm³/mol. The van der Waals surface area contributed by atoms with Crippen LogP contribution in [-0.2, 0) is 14.0 Å². The van der Waals surface area contributed by atoms with Gasteiger partial charge in [-0.2, -0.15) is 0 Å². The Kier molecular flexibility index (Phi) is 6.36. The Labute approximate surface area is 105 Å². The Morgan fingerprint density at radius 2 is 1.88 bits per heavy atom. The predicted octanol–water partition coefficient (Wildman–Crippen LogP) is 2.32. The fraction of sp³-hybridized carbons (Fsp3) is 0.917. The van der Waals surface area contributed by atoms with E-state index in [0.29, 0.717) is 6.61 Å². The second-order valence-corrected chi connectivity index (χ2v) is 10.5. The lowest BCUT2D eigenvalue weighted by Gasteiger charge is -2.36. The summed E-state index contributed by atoms with van der Waals surface area (Å²) in [7, 11) is -1.85. The maximum absolute atomic E-state index is 11.1. The summed E-state index contributed by atoms with van der Waals surface area (Å²) < 4.78 is 10.6. The first-order valence-corrected chi connectivity index (χ1v) is 8.98. The fourth-order valence-electron chi connectivity index (χ4n) is 0.992. The van der Waals surface area contributed by atoms with Crippen LogP contribution >= 0.6 is 0 Å². The standard InChI is InChI=1S/C12H26O4Si/c1-7-15-11(14)8-10(13)9-16-17(5,6)12(2,3)4/h10,13H,7-9H2,1-6H3. The SMILES string of the molecule is CCOC(=O)CC(O)CO[Si](C)(C)C(C)(C)C. The molecule has 0 aliphatic carbocycles. The molecule has 0 saturated carbocycles. The maximum Gasteiger partial charge on any atom is 0.308 e. The number of esters is 1. The Hall–Kier alpha value is -0.393. The molecule has 0 saturated heterocycles. The molecule has 5 heteroatoms. The molecule has 0 bridgehead atoms. The maximum atomic E-state index is 11.1. The van der Waals surface area contributed by atoms with Crippen LogP contribution in [0.3, 0.4) is 0 Å². The van der Waals surface area contributed by atoms with Crippen LogP contribution in [0.2, 0.25) is 18.1 Å². The highest BCUT2D eigenvalue weighted by molar-refractivity contribution is 6.74. The number of carbonyl (C=O) groups excluding carboxylic acids is 1. The first-order valence-electron chi connectivity index (χ1n) is 6.08. The van der Waals surface area contributed by atoms with Gasteiger partial charge in [0.25, 0.3) is 0 Å². The molecule has 1 atom stereocenters. The van der Waals surface area contributed by atoms with Crippen LogP contribution in [0, 0.1) is 0 Å². The molecule has 0 aromatic heterocycles. The summed E-state index contributed by atoms with van der Waals surface area (Å²) in [5, 5.41) is 9.78. The summed E-state index contributed by atoms with van der Waals surface area (Å²) in [6, 6.07) is 0. The Morgan fingerprint density at radius 1 is 1.35 bits per heavy atom. The number of hydrogen-bond acceptors (Lipinski definition) is 4.